The van der Waals surface area contributed by atoms with Gasteiger partial charge in [-0.1, -0.05) is 62.9 Å². The lowest BCUT2D eigenvalue weighted by atomic mass is 10.1. The molecule has 3 heteroatoms. The molecule has 0 bridgehead atoms. The Morgan fingerprint density at radius 1 is 0.846 bits per heavy atom. The lowest BCUT2D eigenvalue weighted by molar-refractivity contribution is 0.575. The van der Waals surface area contributed by atoms with Crippen molar-refractivity contribution in [2.75, 3.05) is 19.1 Å². The van der Waals surface area contributed by atoms with Crippen LogP contribution >= 0.6 is 23.9 Å². The molecule has 0 atom stereocenters. The van der Waals surface area contributed by atoms with E-state index in [9.17, 15) is 0 Å². The highest BCUT2D eigenvalue weighted by Gasteiger charge is 1.99. The van der Waals surface area contributed by atoms with E-state index in [0.29, 0.717) is 0 Å². The summed E-state index contributed by atoms with van der Waals surface area (Å²) in [6.07, 6.45) is 12.7. The normalized spacial score (nSPS) is 11.1. The van der Waals surface area contributed by atoms with E-state index in [4.69, 9.17) is 0 Å². The Bertz CT molecular complexity index is 94.9. The molecule has 0 aromatic heterocycles. The predicted octanol–water partition coefficient (Wildman–Crippen LogP) is 4.20. The summed E-state index contributed by atoms with van der Waals surface area (Å²) >= 11 is 3.67. The molecule has 80 valence electrons. The van der Waals surface area contributed by atoms with Gasteiger partial charge in [-0.25, -0.2) is 0 Å². The molecule has 0 fully saturated rings. The average molecular weight is 221 g/mol. The molecule has 0 spiro atoms. The van der Waals surface area contributed by atoms with E-state index in [0.717, 1.165) is 0 Å². The lowest BCUT2D eigenvalue weighted by Crippen LogP contribution is -2.06. The molecule has 0 aromatic rings. The summed E-state index contributed by atoms with van der Waals surface area (Å²) in [5, 5.41) is 0. The summed E-state index contributed by atoms with van der Waals surface area (Å²) in [4.78, 5) is 0. The molecule has 0 heterocycles. The molecule has 0 aromatic carbocycles. The van der Waals surface area contributed by atoms with E-state index < -0.39 is 0 Å². The van der Waals surface area contributed by atoms with E-state index in [2.05, 4.69) is 23.1 Å². The van der Waals surface area contributed by atoms with E-state index in [-0.39, 0.29) is 0 Å². The van der Waals surface area contributed by atoms with Crippen LogP contribution in [-0.4, -0.2) is 22.8 Å². The first-order valence-corrected chi connectivity index (χ1v) is 7.57. The third-order valence-electron chi connectivity index (χ3n) is 2.10. The number of hydrogen-bond donors (Lipinski definition) is 0. The van der Waals surface area contributed by atoms with Gasteiger partial charge in [0.05, 0.1) is 0 Å². The number of rotatable bonds is 9. The van der Waals surface area contributed by atoms with Crippen LogP contribution in [-0.2, 0) is 0 Å². The molecule has 0 aliphatic carbocycles. The first-order chi connectivity index (χ1) is 6.35. The van der Waals surface area contributed by atoms with Crippen LogP contribution in [0.15, 0.2) is 0 Å². The van der Waals surface area contributed by atoms with Crippen molar-refractivity contribution in [3.63, 3.8) is 0 Å². The zero-order valence-corrected chi connectivity index (χ0v) is 10.8. The maximum absolute atomic E-state index is 2.35. The topological polar surface area (TPSA) is 3.24 Å². The molecular formula is C10H23NS2. The summed E-state index contributed by atoms with van der Waals surface area (Å²) in [6, 6.07) is 0. The van der Waals surface area contributed by atoms with Gasteiger partial charge in [0, 0.05) is 6.54 Å². The number of unbranched alkanes of at least 4 members (excludes halogenated alkanes) is 5. The van der Waals surface area contributed by atoms with Crippen molar-refractivity contribution in [1.29, 1.82) is 0 Å². The van der Waals surface area contributed by atoms with Crippen molar-refractivity contribution in [2.45, 2.75) is 45.4 Å². The minimum absolute atomic E-state index is 1.23. The maximum atomic E-state index is 2.35. The summed E-state index contributed by atoms with van der Waals surface area (Å²) in [7, 11) is 0. The highest BCUT2D eigenvalue weighted by atomic mass is 32.2. The summed E-state index contributed by atoms with van der Waals surface area (Å²) in [6.45, 7) is 3.50. The fourth-order valence-electron chi connectivity index (χ4n) is 1.28. The van der Waals surface area contributed by atoms with Gasteiger partial charge in [-0.3, -0.25) is 0 Å². The Kier molecular flexibility index (Phi) is 11.3. The van der Waals surface area contributed by atoms with Crippen LogP contribution < -0.4 is 0 Å². The van der Waals surface area contributed by atoms with Crippen molar-refractivity contribution in [3.8, 4) is 0 Å². The monoisotopic (exact) mass is 221 g/mol. The van der Waals surface area contributed by atoms with Gasteiger partial charge in [-0.05, 0) is 18.9 Å². The van der Waals surface area contributed by atoms with Crippen LogP contribution in [0.3, 0.4) is 0 Å². The van der Waals surface area contributed by atoms with Crippen molar-refractivity contribution in [1.82, 2.24) is 3.71 Å². The number of nitrogens with zero attached hydrogens (tertiary/aromatic N) is 1. The van der Waals surface area contributed by atoms with Crippen molar-refractivity contribution in [2.24, 2.45) is 0 Å². The first kappa shape index (κ1) is 13.7. The fraction of sp³-hybridized carbons (Fsp3) is 1.00. The lowest BCUT2D eigenvalue weighted by Gasteiger charge is -2.14. The minimum atomic E-state index is 1.23. The molecule has 1 nitrogen and oxygen atoms in total. The van der Waals surface area contributed by atoms with Crippen LogP contribution in [0.25, 0.3) is 0 Å². The zero-order chi connectivity index (χ0) is 9.94. The smallest absolute Gasteiger partial charge is 0.0202 e. The highest BCUT2D eigenvalue weighted by molar-refractivity contribution is 8.11. The third-order valence-corrected chi connectivity index (χ3v) is 4.18. The zero-order valence-electron chi connectivity index (χ0n) is 9.21. The van der Waals surface area contributed by atoms with Crippen LogP contribution in [0.4, 0.5) is 0 Å². The Labute approximate surface area is 92.3 Å². The quantitative estimate of drug-likeness (QED) is 0.424. The Morgan fingerprint density at radius 2 is 1.38 bits per heavy atom. The Morgan fingerprint density at radius 3 is 1.92 bits per heavy atom. The standard InChI is InChI=1S/C10H23NS2/c1-4-5-6-7-8-9-10-11(12-2)13-3/h4-10H2,1-3H3. The summed E-state index contributed by atoms with van der Waals surface area (Å²) < 4.78 is 2.35. The molecule has 0 radical (unpaired) electrons. The molecule has 0 amide bonds. The Balaban J connectivity index is 3.05. The molecule has 0 rings (SSSR count). The predicted molar refractivity (Wildman–Crippen MR) is 67.1 cm³/mol. The van der Waals surface area contributed by atoms with Gasteiger partial charge in [0.25, 0.3) is 0 Å². The Hall–Kier alpha value is 0.660. The van der Waals surface area contributed by atoms with E-state index in [1.54, 1.807) is 0 Å². The van der Waals surface area contributed by atoms with E-state index >= 15 is 0 Å². The molecule has 0 aliphatic heterocycles. The second-order valence-electron chi connectivity index (χ2n) is 3.19. The van der Waals surface area contributed by atoms with Crippen LogP contribution in [0.2, 0.25) is 0 Å². The van der Waals surface area contributed by atoms with Gasteiger partial charge in [-0.2, -0.15) is 3.71 Å². The van der Waals surface area contributed by atoms with Gasteiger partial charge in [0.1, 0.15) is 0 Å². The molecule has 0 saturated heterocycles. The summed E-state index contributed by atoms with van der Waals surface area (Å²) in [5.41, 5.74) is 0. The van der Waals surface area contributed by atoms with Gasteiger partial charge >= 0.3 is 0 Å². The molecule has 0 N–H and O–H groups in total. The van der Waals surface area contributed by atoms with Crippen molar-refractivity contribution in [3.05, 3.63) is 0 Å². The van der Waals surface area contributed by atoms with Crippen molar-refractivity contribution >= 4 is 23.9 Å². The largest absolute Gasteiger partial charge is 0.195 e. The summed E-state index contributed by atoms with van der Waals surface area (Å²) in [5.74, 6) is 0. The minimum Gasteiger partial charge on any atom is -0.195 e. The molecular weight excluding hydrogens is 198 g/mol. The van der Waals surface area contributed by atoms with Gasteiger partial charge in [0.15, 0.2) is 0 Å². The van der Waals surface area contributed by atoms with Crippen molar-refractivity contribution < 1.29 is 0 Å². The highest BCUT2D eigenvalue weighted by Crippen LogP contribution is 2.17. The van der Waals surface area contributed by atoms with Gasteiger partial charge < -0.3 is 0 Å². The SMILES string of the molecule is CCCCCCCCN(SC)SC. The second-order valence-corrected chi connectivity index (χ2v) is 5.03. The molecule has 0 saturated carbocycles. The maximum Gasteiger partial charge on any atom is 0.0202 e. The molecule has 0 aliphatic rings. The van der Waals surface area contributed by atoms with Crippen LogP contribution in [0.5, 0.6) is 0 Å². The van der Waals surface area contributed by atoms with E-state index in [1.807, 2.05) is 23.9 Å². The molecule has 0 unspecified atom stereocenters. The average Bonchev–Trinajstić information content (AvgIpc) is 2.17. The van der Waals surface area contributed by atoms with Crippen LogP contribution in [0.1, 0.15) is 45.4 Å². The fourth-order valence-corrected chi connectivity index (χ4v) is 2.50. The molecule has 13 heavy (non-hydrogen) atoms. The van der Waals surface area contributed by atoms with Crippen LogP contribution in [0, 0.1) is 0 Å². The third kappa shape index (κ3) is 8.98. The number of hydrogen-bond acceptors (Lipinski definition) is 3. The first-order valence-electron chi connectivity index (χ1n) is 5.20. The van der Waals surface area contributed by atoms with Gasteiger partial charge in [-0.15, -0.1) is 0 Å². The second kappa shape index (κ2) is 10.7. The van der Waals surface area contributed by atoms with E-state index in [1.165, 1.54) is 45.1 Å². The van der Waals surface area contributed by atoms with Gasteiger partial charge in [0.2, 0.25) is 0 Å².